The van der Waals surface area contributed by atoms with E-state index in [2.05, 4.69) is 15.7 Å². The number of aromatic nitrogens is 2. The predicted octanol–water partition coefficient (Wildman–Crippen LogP) is 2.27. The molecule has 0 atom stereocenters. The molecule has 0 aliphatic rings. The van der Waals surface area contributed by atoms with Crippen molar-refractivity contribution in [3.63, 3.8) is 0 Å². The van der Waals surface area contributed by atoms with Gasteiger partial charge in [-0.25, -0.2) is 0 Å². The highest BCUT2D eigenvalue weighted by Crippen LogP contribution is 2.16. The SMILES string of the molecule is COc1cccc(NC(=S)NCCCn2cccn2)c1. The summed E-state index contributed by atoms with van der Waals surface area (Å²) in [5, 5.41) is 11.1. The maximum absolute atomic E-state index is 5.24. The highest BCUT2D eigenvalue weighted by Gasteiger charge is 1.99. The summed E-state index contributed by atoms with van der Waals surface area (Å²) in [5.74, 6) is 0.802. The second-order valence-corrected chi connectivity index (χ2v) is 4.64. The van der Waals surface area contributed by atoms with E-state index in [9.17, 15) is 0 Å². The van der Waals surface area contributed by atoms with E-state index < -0.39 is 0 Å². The number of aryl methyl sites for hydroxylation is 1. The third kappa shape index (κ3) is 4.55. The average molecular weight is 290 g/mol. The maximum atomic E-state index is 5.24. The topological polar surface area (TPSA) is 51.1 Å². The Bertz CT molecular complexity index is 542. The van der Waals surface area contributed by atoms with Gasteiger partial charge in [-0.05, 0) is 36.8 Å². The van der Waals surface area contributed by atoms with Gasteiger partial charge in [0.15, 0.2) is 5.11 Å². The molecule has 106 valence electrons. The zero-order valence-corrected chi connectivity index (χ0v) is 12.2. The molecule has 0 saturated carbocycles. The number of nitrogens with zero attached hydrogens (tertiary/aromatic N) is 2. The normalized spacial score (nSPS) is 10.1. The molecule has 0 unspecified atom stereocenters. The van der Waals surface area contributed by atoms with Crippen LogP contribution >= 0.6 is 12.2 Å². The number of ether oxygens (including phenoxy) is 1. The van der Waals surface area contributed by atoms with E-state index in [1.807, 2.05) is 41.2 Å². The number of hydrogen-bond donors (Lipinski definition) is 2. The van der Waals surface area contributed by atoms with Crippen LogP contribution in [0.4, 0.5) is 5.69 Å². The van der Waals surface area contributed by atoms with E-state index in [1.54, 1.807) is 13.3 Å². The van der Waals surface area contributed by atoms with Crippen LogP contribution in [0.5, 0.6) is 5.75 Å². The van der Waals surface area contributed by atoms with Crippen molar-refractivity contribution >= 4 is 23.0 Å². The van der Waals surface area contributed by atoms with Crippen LogP contribution in [-0.4, -0.2) is 28.5 Å². The van der Waals surface area contributed by atoms with Crippen LogP contribution in [0.25, 0.3) is 0 Å². The third-order valence-electron chi connectivity index (χ3n) is 2.74. The lowest BCUT2D eigenvalue weighted by Gasteiger charge is -2.11. The van der Waals surface area contributed by atoms with Crippen LogP contribution in [0, 0.1) is 0 Å². The Hall–Kier alpha value is -2.08. The molecule has 5 nitrogen and oxygen atoms in total. The molecule has 2 aromatic rings. The molecule has 1 aromatic heterocycles. The first kappa shape index (κ1) is 14.3. The molecule has 0 aliphatic heterocycles. The molecular weight excluding hydrogens is 272 g/mol. The summed E-state index contributed by atoms with van der Waals surface area (Å²) in [7, 11) is 1.64. The van der Waals surface area contributed by atoms with Crippen molar-refractivity contribution in [2.75, 3.05) is 19.0 Å². The first-order valence-electron chi connectivity index (χ1n) is 6.44. The molecule has 0 spiro atoms. The fraction of sp³-hybridized carbons (Fsp3) is 0.286. The number of hydrogen-bond acceptors (Lipinski definition) is 3. The van der Waals surface area contributed by atoms with Crippen LogP contribution in [0.3, 0.4) is 0 Å². The molecule has 2 N–H and O–H groups in total. The van der Waals surface area contributed by atoms with Crippen molar-refractivity contribution in [3.05, 3.63) is 42.7 Å². The van der Waals surface area contributed by atoms with E-state index in [0.717, 1.165) is 30.9 Å². The lowest BCUT2D eigenvalue weighted by atomic mass is 10.3. The van der Waals surface area contributed by atoms with Gasteiger partial charge in [0.1, 0.15) is 5.75 Å². The molecule has 0 aliphatic carbocycles. The largest absolute Gasteiger partial charge is 0.497 e. The van der Waals surface area contributed by atoms with E-state index in [1.165, 1.54) is 0 Å². The Kier molecular flexibility index (Phi) is 5.37. The van der Waals surface area contributed by atoms with Gasteiger partial charge < -0.3 is 15.4 Å². The third-order valence-corrected chi connectivity index (χ3v) is 2.98. The van der Waals surface area contributed by atoms with Gasteiger partial charge in [0.2, 0.25) is 0 Å². The summed E-state index contributed by atoms with van der Waals surface area (Å²) in [6.45, 7) is 1.68. The van der Waals surface area contributed by atoms with Crippen LogP contribution in [0.15, 0.2) is 42.7 Å². The Labute approximate surface area is 123 Å². The molecule has 6 heteroatoms. The molecule has 0 radical (unpaired) electrons. The fourth-order valence-corrected chi connectivity index (χ4v) is 1.97. The number of anilines is 1. The Morgan fingerprint density at radius 3 is 3.05 bits per heavy atom. The zero-order chi connectivity index (χ0) is 14.2. The minimum absolute atomic E-state index is 0.610. The number of rotatable bonds is 6. The molecule has 20 heavy (non-hydrogen) atoms. The first-order chi connectivity index (χ1) is 9.78. The van der Waals surface area contributed by atoms with Crippen molar-refractivity contribution in [3.8, 4) is 5.75 Å². The number of nitrogens with one attached hydrogen (secondary N) is 2. The van der Waals surface area contributed by atoms with E-state index >= 15 is 0 Å². The summed E-state index contributed by atoms with van der Waals surface area (Å²) in [6.07, 6.45) is 4.69. The van der Waals surface area contributed by atoms with Gasteiger partial charge in [0.05, 0.1) is 7.11 Å². The summed E-state index contributed by atoms with van der Waals surface area (Å²) in [4.78, 5) is 0. The van der Waals surface area contributed by atoms with E-state index in [4.69, 9.17) is 17.0 Å². The zero-order valence-electron chi connectivity index (χ0n) is 11.4. The van der Waals surface area contributed by atoms with Crippen molar-refractivity contribution in [1.82, 2.24) is 15.1 Å². The molecule has 0 saturated heterocycles. The van der Waals surface area contributed by atoms with Gasteiger partial charge in [-0.1, -0.05) is 6.07 Å². The van der Waals surface area contributed by atoms with Gasteiger partial charge in [0.25, 0.3) is 0 Å². The Balaban J connectivity index is 1.69. The highest BCUT2D eigenvalue weighted by atomic mass is 32.1. The van der Waals surface area contributed by atoms with Gasteiger partial charge in [-0.2, -0.15) is 5.10 Å². The quantitative estimate of drug-likeness (QED) is 0.631. The van der Waals surface area contributed by atoms with Gasteiger partial charge in [0, 0.05) is 37.2 Å². The van der Waals surface area contributed by atoms with Gasteiger partial charge in [-0.15, -0.1) is 0 Å². The molecule has 0 bridgehead atoms. The monoisotopic (exact) mass is 290 g/mol. The molecule has 1 heterocycles. The van der Waals surface area contributed by atoms with E-state index in [-0.39, 0.29) is 0 Å². The minimum atomic E-state index is 0.610. The second kappa shape index (κ2) is 7.49. The smallest absolute Gasteiger partial charge is 0.170 e. The number of thiocarbonyl (C=S) groups is 1. The first-order valence-corrected chi connectivity index (χ1v) is 6.85. The van der Waals surface area contributed by atoms with Gasteiger partial charge >= 0.3 is 0 Å². The van der Waals surface area contributed by atoms with Crippen LogP contribution in [0.2, 0.25) is 0 Å². The minimum Gasteiger partial charge on any atom is -0.497 e. The van der Waals surface area contributed by atoms with Crippen molar-refractivity contribution in [2.45, 2.75) is 13.0 Å². The highest BCUT2D eigenvalue weighted by molar-refractivity contribution is 7.80. The van der Waals surface area contributed by atoms with E-state index in [0.29, 0.717) is 5.11 Å². The second-order valence-electron chi connectivity index (χ2n) is 4.24. The summed E-state index contributed by atoms with van der Waals surface area (Å²) < 4.78 is 7.07. The summed E-state index contributed by atoms with van der Waals surface area (Å²) in [6, 6.07) is 9.58. The van der Waals surface area contributed by atoms with Crippen molar-refractivity contribution in [2.24, 2.45) is 0 Å². The summed E-state index contributed by atoms with van der Waals surface area (Å²) >= 11 is 5.24. The average Bonchev–Trinajstić information content (AvgIpc) is 2.97. The fourth-order valence-electron chi connectivity index (χ4n) is 1.75. The Morgan fingerprint density at radius 2 is 2.30 bits per heavy atom. The summed E-state index contributed by atoms with van der Waals surface area (Å²) in [5.41, 5.74) is 0.911. The maximum Gasteiger partial charge on any atom is 0.170 e. The molecule has 2 rings (SSSR count). The standard InChI is InChI=1S/C14H18N4OS/c1-19-13-6-2-5-12(11-13)17-14(20)15-7-3-9-18-10-4-8-16-18/h2,4-6,8,10-11H,3,7,9H2,1H3,(H2,15,17,20). The number of methoxy groups -OCH3 is 1. The molecular formula is C14H18N4OS. The van der Waals surface area contributed by atoms with Crippen LogP contribution < -0.4 is 15.4 Å². The molecule has 0 fully saturated rings. The number of benzene rings is 1. The van der Waals surface area contributed by atoms with Gasteiger partial charge in [-0.3, -0.25) is 4.68 Å². The predicted molar refractivity (Wildman–Crippen MR) is 84.1 cm³/mol. The molecule has 1 aromatic carbocycles. The van der Waals surface area contributed by atoms with Crippen LogP contribution in [-0.2, 0) is 6.54 Å². The molecule has 0 amide bonds. The Morgan fingerprint density at radius 1 is 1.40 bits per heavy atom. The van der Waals surface area contributed by atoms with Crippen LogP contribution in [0.1, 0.15) is 6.42 Å². The lowest BCUT2D eigenvalue weighted by Crippen LogP contribution is -2.29. The van der Waals surface area contributed by atoms with Crippen molar-refractivity contribution in [1.29, 1.82) is 0 Å². The van der Waals surface area contributed by atoms with Crippen molar-refractivity contribution < 1.29 is 4.74 Å². The lowest BCUT2D eigenvalue weighted by molar-refractivity contribution is 0.415.